The van der Waals surface area contributed by atoms with Crippen LogP contribution < -0.4 is 5.32 Å². The molecule has 0 saturated heterocycles. The molecule has 2 nitrogen and oxygen atoms in total. The van der Waals surface area contributed by atoms with Crippen molar-refractivity contribution in [3.8, 4) is 5.75 Å². The Hall–Kier alpha value is -1.80. The summed E-state index contributed by atoms with van der Waals surface area (Å²) in [4.78, 5) is 0. The van der Waals surface area contributed by atoms with Crippen molar-refractivity contribution in [3.05, 3.63) is 65.2 Å². The summed E-state index contributed by atoms with van der Waals surface area (Å²) in [6, 6.07) is 16.8. The van der Waals surface area contributed by atoms with Crippen molar-refractivity contribution >= 4 is 0 Å². The Morgan fingerprint density at radius 1 is 1.15 bits per heavy atom. The van der Waals surface area contributed by atoms with Crippen molar-refractivity contribution in [2.45, 2.75) is 31.7 Å². The Bertz CT molecular complexity index is 579. The molecule has 2 unspecified atom stereocenters. The average molecular weight is 267 g/mol. The van der Waals surface area contributed by atoms with Crippen molar-refractivity contribution in [2.24, 2.45) is 0 Å². The SMILES string of the molecule is CC(CNC1CCc2c(O)cccc21)c1ccccc1. The van der Waals surface area contributed by atoms with Crippen LogP contribution >= 0.6 is 0 Å². The Morgan fingerprint density at radius 3 is 2.75 bits per heavy atom. The summed E-state index contributed by atoms with van der Waals surface area (Å²) in [5.74, 6) is 0.945. The summed E-state index contributed by atoms with van der Waals surface area (Å²) in [7, 11) is 0. The van der Waals surface area contributed by atoms with Crippen LogP contribution in [0.4, 0.5) is 0 Å². The molecule has 0 aromatic heterocycles. The van der Waals surface area contributed by atoms with Crippen LogP contribution in [0.5, 0.6) is 5.75 Å². The van der Waals surface area contributed by atoms with E-state index in [1.165, 1.54) is 11.1 Å². The Labute approximate surface area is 120 Å². The van der Waals surface area contributed by atoms with Crippen molar-refractivity contribution < 1.29 is 5.11 Å². The fourth-order valence-corrected chi connectivity index (χ4v) is 3.07. The first-order chi connectivity index (χ1) is 9.75. The quantitative estimate of drug-likeness (QED) is 0.883. The van der Waals surface area contributed by atoms with Crippen LogP contribution in [0.25, 0.3) is 0 Å². The van der Waals surface area contributed by atoms with Gasteiger partial charge in [0.05, 0.1) is 0 Å². The number of rotatable bonds is 4. The average Bonchev–Trinajstić information content (AvgIpc) is 2.90. The second kappa shape index (κ2) is 5.68. The molecular weight excluding hydrogens is 246 g/mol. The maximum atomic E-state index is 9.88. The van der Waals surface area contributed by atoms with Gasteiger partial charge in [0.15, 0.2) is 0 Å². The summed E-state index contributed by atoms with van der Waals surface area (Å²) >= 11 is 0. The lowest BCUT2D eigenvalue weighted by Gasteiger charge is -2.18. The number of benzene rings is 2. The van der Waals surface area contributed by atoms with E-state index < -0.39 is 0 Å². The summed E-state index contributed by atoms with van der Waals surface area (Å²) in [6.45, 7) is 3.21. The Morgan fingerprint density at radius 2 is 1.95 bits per heavy atom. The minimum Gasteiger partial charge on any atom is -0.508 e. The van der Waals surface area contributed by atoms with Crippen molar-refractivity contribution in [2.75, 3.05) is 6.54 Å². The molecule has 2 aromatic carbocycles. The molecule has 104 valence electrons. The normalized spacial score (nSPS) is 18.8. The summed E-state index contributed by atoms with van der Waals surface area (Å²) in [5.41, 5.74) is 3.76. The van der Waals surface area contributed by atoms with Crippen LogP contribution in [0, 0.1) is 0 Å². The van der Waals surface area contributed by atoms with Gasteiger partial charge in [0, 0.05) is 12.6 Å². The molecular formula is C18H21NO. The molecule has 0 aliphatic heterocycles. The number of hydrogen-bond acceptors (Lipinski definition) is 2. The number of fused-ring (bicyclic) bond motifs is 1. The van der Waals surface area contributed by atoms with Gasteiger partial charge in [-0.2, -0.15) is 0 Å². The van der Waals surface area contributed by atoms with Gasteiger partial charge in [0.25, 0.3) is 0 Å². The lowest BCUT2D eigenvalue weighted by atomic mass is 10.0. The van der Waals surface area contributed by atoms with E-state index in [9.17, 15) is 5.11 Å². The van der Waals surface area contributed by atoms with E-state index >= 15 is 0 Å². The van der Waals surface area contributed by atoms with E-state index in [1.54, 1.807) is 6.07 Å². The zero-order chi connectivity index (χ0) is 13.9. The molecule has 0 radical (unpaired) electrons. The summed E-state index contributed by atoms with van der Waals surface area (Å²) < 4.78 is 0. The minimum absolute atomic E-state index is 0.378. The first-order valence-electron chi connectivity index (χ1n) is 7.35. The molecule has 3 rings (SSSR count). The summed E-state index contributed by atoms with van der Waals surface area (Å²) in [5, 5.41) is 13.5. The van der Waals surface area contributed by atoms with Crippen molar-refractivity contribution in [1.29, 1.82) is 0 Å². The monoisotopic (exact) mass is 267 g/mol. The van der Waals surface area contributed by atoms with Crippen molar-refractivity contribution in [1.82, 2.24) is 5.32 Å². The number of phenols is 1. The lowest BCUT2D eigenvalue weighted by molar-refractivity contribution is 0.469. The zero-order valence-corrected chi connectivity index (χ0v) is 11.8. The third-order valence-corrected chi connectivity index (χ3v) is 4.29. The first-order valence-corrected chi connectivity index (χ1v) is 7.35. The molecule has 1 aliphatic rings. The van der Waals surface area contributed by atoms with Gasteiger partial charge in [0.2, 0.25) is 0 Å². The van der Waals surface area contributed by atoms with E-state index in [1.807, 2.05) is 6.07 Å². The van der Waals surface area contributed by atoms with Gasteiger partial charge >= 0.3 is 0 Å². The van der Waals surface area contributed by atoms with Crippen LogP contribution in [0.15, 0.2) is 48.5 Å². The smallest absolute Gasteiger partial charge is 0.119 e. The third kappa shape index (κ3) is 2.56. The molecule has 0 spiro atoms. The molecule has 0 bridgehead atoms. The number of nitrogens with one attached hydrogen (secondary N) is 1. The molecule has 2 heteroatoms. The summed E-state index contributed by atoms with van der Waals surface area (Å²) in [6.07, 6.45) is 2.05. The van der Waals surface area contributed by atoms with Crippen molar-refractivity contribution in [3.63, 3.8) is 0 Å². The second-order valence-electron chi connectivity index (χ2n) is 5.66. The fraction of sp³-hybridized carbons (Fsp3) is 0.333. The maximum Gasteiger partial charge on any atom is 0.119 e. The Kier molecular flexibility index (Phi) is 3.75. The van der Waals surface area contributed by atoms with Crippen LogP contribution in [0.1, 0.15) is 42.0 Å². The van der Waals surface area contributed by atoms with Gasteiger partial charge < -0.3 is 10.4 Å². The topological polar surface area (TPSA) is 32.3 Å². The van der Waals surface area contributed by atoms with Crippen LogP contribution in [0.3, 0.4) is 0 Å². The highest BCUT2D eigenvalue weighted by Gasteiger charge is 2.24. The van der Waals surface area contributed by atoms with Gasteiger partial charge in [0.1, 0.15) is 5.75 Å². The van der Waals surface area contributed by atoms with Gasteiger partial charge in [-0.05, 0) is 41.5 Å². The number of aromatic hydroxyl groups is 1. The highest BCUT2D eigenvalue weighted by atomic mass is 16.3. The number of hydrogen-bond donors (Lipinski definition) is 2. The lowest BCUT2D eigenvalue weighted by Crippen LogP contribution is -2.24. The fourth-order valence-electron chi connectivity index (χ4n) is 3.07. The molecule has 2 N–H and O–H groups in total. The van der Waals surface area contributed by atoms with Crippen LogP contribution in [-0.4, -0.2) is 11.7 Å². The van der Waals surface area contributed by atoms with E-state index in [0.29, 0.717) is 17.7 Å². The van der Waals surface area contributed by atoms with Gasteiger partial charge in [-0.1, -0.05) is 49.4 Å². The largest absolute Gasteiger partial charge is 0.508 e. The molecule has 2 aromatic rings. The molecule has 1 aliphatic carbocycles. The maximum absolute atomic E-state index is 9.88. The first kappa shape index (κ1) is 13.2. The van der Waals surface area contributed by atoms with Crippen LogP contribution in [-0.2, 0) is 6.42 Å². The third-order valence-electron chi connectivity index (χ3n) is 4.29. The zero-order valence-electron chi connectivity index (χ0n) is 11.8. The van der Waals surface area contributed by atoms with E-state index in [-0.39, 0.29) is 0 Å². The molecule has 0 fully saturated rings. The standard InChI is InChI=1S/C18H21NO/c1-13(14-6-3-2-4-7-14)12-19-17-11-10-16-15(17)8-5-9-18(16)20/h2-9,13,17,19-20H,10-12H2,1H3. The van der Waals surface area contributed by atoms with E-state index in [0.717, 1.165) is 24.9 Å². The number of phenolic OH excluding ortho intramolecular Hbond substituents is 1. The van der Waals surface area contributed by atoms with E-state index in [2.05, 4.69) is 48.6 Å². The predicted molar refractivity (Wildman–Crippen MR) is 82.0 cm³/mol. The van der Waals surface area contributed by atoms with Gasteiger partial charge in [-0.3, -0.25) is 0 Å². The Balaban J connectivity index is 1.65. The van der Waals surface area contributed by atoms with Gasteiger partial charge in [-0.25, -0.2) is 0 Å². The molecule has 0 saturated carbocycles. The minimum atomic E-state index is 0.378. The van der Waals surface area contributed by atoms with Gasteiger partial charge in [-0.15, -0.1) is 0 Å². The molecule has 0 heterocycles. The highest BCUT2D eigenvalue weighted by Crippen LogP contribution is 2.36. The molecule has 2 atom stereocenters. The van der Waals surface area contributed by atoms with E-state index in [4.69, 9.17) is 0 Å². The predicted octanol–water partition coefficient (Wildman–Crippen LogP) is 3.77. The molecule has 0 amide bonds. The highest BCUT2D eigenvalue weighted by molar-refractivity contribution is 5.44. The second-order valence-corrected chi connectivity index (χ2v) is 5.66. The molecule has 20 heavy (non-hydrogen) atoms. The van der Waals surface area contributed by atoms with Crippen LogP contribution in [0.2, 0.25) is 0 Å².